The van der Waals surface area contributed by atoms with E-state index in [-0.39, 0.29) is 18.1 Å². The number of nitrogens with zero attached hydrogens (tertiary/aromatic N) is 1. The molecule has 0 saturated carbocycles. The van der Waals surface area contributed by atoms with E-state index in [1.807, 2.05) is 41.5 Å². The van der Waals surface area contributed by atoms with E-state index in [1.54, 1.807) is 0 Å². The van der Waals surface area contributed by atoms with E-state index in [9.17, 15) is 4.79 Å². The van der Waals surface area contributed by atoms with E-state index >= 15 is 0 Å². The molecule has 2 aromatic rings. The number of esters is 1. The minimum Gasteiger partial charge on any atom is -0.463 e. The fraction of sp³-hybridized carbons (Fsp3) is 0.316. The van der Waals surface area contributed by atoms with Crippen LogP contribution in [0.1, 0.15) is 30.5 Å². The largest absolute Gasteiger partial charge is 0.463 e. The zero-order chi connectivity index (χ0) is 16.1. The molecule has 0 N–H and O–H groups in total. The highest BCUT2D eigenvalue weighted by atomic mass is 16.7. The van der Waals surface area contributed by atoms with E-state index < -0.39 is 0 Å². The monoisotopic (exact) mass is 311 g/mol. The Hall–Kier alpha value is -2.17. The van der Waals surface area contributed by atoms with Gasteiger partial charge in [0.05, 0.1) is 6.04 Å². The lowest BCUT2D eigenvalue weighted by molar-refractivity contribution is -0.185. The highest BCUT2D eigenvalue weighted by Gasteiger charge is 2.35. The number of hydrogen-bond acceptors (Lipinski definition) is 4. The Bertz CT molecular complexity index is 630. The van der Waals surface area contributed by atoms with Gasteiger partial charge in [-0.25, -0.2) is 0 Å². The van der Waals surface area contributed by atoms with Crippen molar-refractivity contribution in [2.24, 2.45) is 0 Å². The van der Waals surface area contributed by atoms with Crippen molar-refractivity contribution in [2.75, 3.05) is 6.61 Å². The van der Waals surface area contributed by atoms with Gasteiger partial charge in [-0.05, 0) is 11.1 Å². The predicted molar refractivity (Wildman–Crippen MR) is 87.3 cm³/mol. The maximum Gasteiger partial charge on any atom is 0.302 e. The van der Waals surface area contributed by atoms with Crippen LogP contribution in [-0.4, -0.2) is 23.7 Å². The third-order valence-electron chi connectivity index (χ3n) is 3.96. The van der Waals surface area contributed by atoms with Crippen LogP contribution >= 0.6 is 0 Å². The van der Waals surface area contributed by atoms with E-state index in [1.165, 1.54) is 18.1 Å². The quantitative estimate of drug-likeness (QED) is 0.792. The second kappa shape index (κ2) is 7.40. The fourth-order valence-corrected chi connectivity index (χ4v) is 2.87. The molecule has 1 saturated heterocycles. The molecule has 0 spiro atoms. The van der Waals surface area contributed by atoms with Crippen LogP contribution in [0, 0.1) is 0 Å². The Labute approximate surface area is 136 Å². The summed E-state index contributed by atoms with van der Waals surface area (Å²) in [5.41, 5.74) is 2.41. The normalized spacial score (nSPS) is 21.3. The van der Waals surface area contributed by atoms with Crippen molar-refractivity contribution < 1.29 is 14.4 Å². The van der Waals surface area contributed by atoms with Crippen molar-refractivity contribution in [3.05, 3.63) is 71.8 Å². The molecule has 1 fully saturated rings. The zero-order valence-electron chi connectivity index (χ0n) is 13.2. The molecule has 0 bridgehead atoms. The molecule has 1 aliphatic heterocycles. The van der Waals surface area contributed by atoms with Gasteiger partial charge in [-0.2, -0.15) is 5.06 Å². The number of rotatable bonds is 5. The molecule has 1 heterocycles. The average molecular weight is 311 g/mol. The summed E-state index contributed by atoms with van der Waals surface area (Å²) >= 11 is 0. The maximum atomic E-state index is 11.0. The van der Waals surface area contributed by atoms with Crippen LogP contribution in [0.3, 0.4) is 0 Å². The van der Waals surface area contributed by atoms with Crippen LogP contribution in [0.4, 0.5) is 0 Å². The first-order valence-electron chi connectivity index (χ1n) is 7.88. The van der Waals surface area contributed by atoms with E-state index in [0.29, 0.717) is 13.2 Å². The molecular formula is C19H21NO3. The number of carbonyl (C=O) groups is 1. The van der Waals surface area contributed by atoms with Crippen molar-refractivity contribution in [3.8, 4) is 0 Å². The van der Waals surface area contributed by atoms with Crippen LogP contribution in [0.2, 0.25) is 0 Å². The molecule has 2 aromatic carbocycles. The van der Waals surface area contributed by atoms with Gasteiger partial charge in [0.25, 0.3) is 0 Å². The Morgan fingerprint density at radius 3 is 2.43 bits per heavy atom. The molecule has 1 aliphatic rings. The number of hydroxylamine groups is 2. The first-order chi connectivity index (χ1) is 11.2. The van der Waals surface area contributed by atoms with Gasteiger partial charge in [0.2, 0.25) is 0 Å². The fourth-order valence-electron chi connectivity index (χ4n) is 2.87. The molecule has 0 unspecified atom stereocenters. The van der Waals surface area contributed by atoms with Crippen LogP contribution in [0.5, 0.6) is 0 Å². The topological polar surface area (TPSA) is 38.8 Å². The second-order valence-electron chi connectivity index (χ2n) is 5.75. The molecule has 23 heavy (non-hydrogen) atoms. The molecule has 3 rings (SSSR count). The van der Waals surface area contributed by atoms with Gasteiger partial charge in [-0.3, -0.25) is 9.63 Å². The summed E-state index contributed by atoms with van der Waals surface area (Å²) in [7, 11) is 0. The SMILES string of the molecule is CC(=O)OC[C@@H]1C[C@H](c2ccccc2)N(Cc2ccccc2)O1. The van der Waals surface area contributed by atoms with E-state index in [4.69, 9.17) is 9.57 Å². The second-order valence-corrected chi connectivity index (χ2v) is 5.75. The van der Waals surface area contributed by atoms with E-state index in [0.717, 1.165) is 6.42 Å². The average Bonchev–Trinajstić information content (AvgIpc) is 2.97. The molecule has 0 aliphatic carbocycles. The van der Waals surface area contributed by atoms with Gasteiger partial charge >= 0.3 is 5.97 Å². The number of hydrogen-bond donors (Lipinski definition) is 0. The minimum atomic E-state index is -0.272. The van der Waals surface area contributed by atoms with Crippen LogP contribution in [-0.2, 0) is 20.9 Å². The molecule has 0 aromatic heterocycles. The molecular weight excluding hydrogens is 290 g/mol. The first kappa shape index (κ1) is 15.7. The highest BCUT2D eigenvalue weighted by molar-refractivity contribution is 5.65. The molecule has 2 atom stereocenters. The third kappa shape index (κ3) is 4.18. The van der Waals surface area contributed by atoms with Crippen LogP contribution in [0.25, 0.3) is 0 Å². The smallest absolute Gasteiger partial charge is 0.302 e. The van der Waals surface area contributed by atoms with Gasteiger partial charge in [0.1, 0.15) is 12.7 Å². The highest BCUT2D eigenvalue weighted by Crippen LogP contribution is 2.35. The number of benzene rings is 2. The third-order valence-corrected chi connectivity index (χ3v) is 3.96. The van der Waals surface area contributed by atoms with E-state index in [2.05, 4.69) is 24.3 Å². The molecule has 0 radical (unpaired) electrons. The van der Waals surface area contributed by atoms with Crippen LogP contribution < -0.4 is 0 Å². The predicted octanol–water partition coefficient (Wildman–Crippen LogP) is 3.50. The minimum absolute atomic E-state index is 0.104. The Kier molecular flexibility index (Phi) is 5.05. The van der Waals surface area contributed by atoms with Gasteiger partial charge < -0.3 is 4.74 Å². The van der Waals surface area contributed by atoms with Crippen molar-refractivity contribution >= 4 is 5.97 Å². The van der Waals surface area contributed by atoms with Crippen molar-refractivity contribution in [1.82, 2.24) is 5.06 Å². The number of carbonyl (C=O) groups excluding carboxylic acids is 1. The number of ether oxygens (including phenoxy) is 1. The van der Waals surface area contributed by atoms with Crippen molar-refractivity contribution in [2.45, 2.75) is 32.0 Å². The lowest BCUT2D eigenvalue weighted by Gasteiger charge is -2.23. The Morgan fingerprint density at radius 2 is 1.78 bits per heavy atom. The summed E-state index contributed by atoms with van der Waals surface area (Å²) in [5.74, 6) is -0.272. The summed E-state index contributed by atoms with van der Waals surface area (Å²) in [6.07, 6.45) is 0.706. The summed E-state index contributed by atoms with van der Waals surface area (Å²) in [6, 6.07) is 20.7. The lowest BCUT2D eigenvalue weighted by atomic mass is 10.0. The Balaban J connectivity index is 1.74. The van der Waals surface area contributed by atoms with Gasteiger partial charge in [0.15, 0.2) is 0 Å². The van der Waals surface area contributed by atoms with Gasteiger partial charge in [-0.1, -0.05) is 60.7 Å². The zero-order valence-corrected chi connectivity index (χ0v) is 13.2. The lowest BCUT2D eigenvalue weighted by Crippen LogP contribution is -2.23. The van der Waals surface area contributed by atoms with Gasteiger partial charge in [0, 0.05) is 19.9 Å². The standard InChI is InChI=1S/C19H21NO3/c1-15(21)22-14-18-12-19(17-10-6-3-7-11-17)20(23-18)13-16-8-4-2-5-9-16/h2-11,18-19H,12-14H2,1H3/t18-,19+/m0/s1. The molecule has 120 valence electrons. The summed E-state index contributed by atoms with van der Waals surface area (Å²) < 4.78 is 5.12. The maximum absolute atomic E-state index is 11.0. The summed E-state index contributed by atoms with van der Waals surface area (Å²) in [6.45, 7) is 2.42. The molecule has 4 nitrogen and oxygen atoms in total. The molecule has 4 heteroatoms. The Morgan fingerprint density at radius 1 is 1.13 bits per heavy atom. The molecule has 0 amide bonds. The van der Waals surface area contributed by atoms with Crippen molar-refractivity contribution in [3.63, 3.8) is 0 Å². The van der Waals surface area contributed by atoms with Crippen molar-refractivity contribution in [1.29, 1.82) is 0 Å². The van der Waals surface area contributed by atoms with Gasteiger partial charge in [-0.15, -0.1) is 0 Å². The summed E-state index contributed by atoms with van der Waals surface area (Å²) in [5, 5.41) is 2.00. The first-order valence-corrected chi connectivity index (χ1v) is 7.88. The van der Waals surface area contributed by atoms with Crippen LogP contribution in [0.15, 0.2) is 60.7 Å². The summed E-state index contributed by atoms with van der Waals surface area (Å²) in [4.78, 5) is 17.1.